The van der Waals surface area contributed by atoms with E-state index in [0.29, 0.717) is 12.4 Å². The van der Waals surface area contributed by atoms with Crippen LogP contribution in [0.5, 0.6) is 0 Å². The van der Waals surface area contributed by atoms with E-state index >= 15 is 0 Å². The van der Waals surface area contributed by atoms with Gasteiger partial charge in [-0.15, -0.1) is 0 Å². The number of aryl methyl sites for hydroxylation is 2. The van der Waals surface area contributed by atoms with Crippen molar-refractivity contribution >= 4 is 11.0 Å². The zero-order chi connectivity index (χ0) is 13.9. The van der Waals surface area contributed by atoms with Crippen molar-refractivity contribution in [3.05, 3.63) is 53.4 Å². The van der Waals surface area contributed by atoms with Crippen molar-refractivity contribution in [2.24, 2.45) is 0 Å². The van der Waals surface area contributed by atoms with Crippen LogP contribution < -0.4 is 5.32 Å². The van der Waals surface area contributed by atoms with Crippen LogP contribution in [0, 0.1) is 6.92 Å². The zero-order valence-electron chi connectivity index (χ0n) is 11.8. The minimum absolute atomic E-state index is 0.622. The summed E-state index contributed by atoms with van der Waals surface area (Å²) in [5, 5.41) is 4.55. The Bertz CT molecular complexity index is 712. The third-order valence-electron chi connectivity index (χ3n) is 3.35. The van der Waals surface area contributed by atoms with Crippen LogP contribution in [0.3, 0.4) is 0 Å². The first-order valence-corrected chi connectivity index (χ1v) is 6.89. The minimum atomic E-state index is 0.622. The number of fused-ring (bicyclic) bond motifs is 1. The van der Waals surface area contributed by atoms with Gasteiger partial charge in [-0.25, -0.2) is 4.98 Å². The Morgan fingerprint density at radius 1 is 1.15 bits per heavy atom. The van der Waals surface area contributed by atoms with Crippen molar-refractivity contribution in [3.8, 4) is 0 Å². The molecule has 1 aromatic carbocycles. The molecule has 0 aliphatic heterocycles. The molecule has 104 valence electrons. The highest BCUT2D eigenvalue weighted by molar-refractivity contribution is 5.82. The number of rotatable bonds is 5. The van der Waals surface area contributed by atoms with Crippen LogP contribution in [0.2, 0.25) is 0 Å². The summed E-state index contributed by atoms with van der Waals surface area (Å²) < 4.78 is 11.3. The van der Waals surface area contributed by atoms with Crippen LogP contribution in [0.1, 0.15) is 29.9 Å². The average molecular weight is 270 g/mol. The first kappa shape index (κ1) is 12.9. The third-order valence-corrected chi connectivity index (χ3v) is 3.35. The molecular weight excluding hydrogens is 252 g/mol. The standard InChI is InChI=1S/C16H18N2O2/c1-3-14-13(12-6-4-5-7-15(12)20-14)9-17-10-16-18-8-11(2)19-16/h4-8,17H,3,9-10H2,1-2H3. The van der Waals surface area contributed by atoms with E-state index in [-0.39, 0.29) is 0 Å². The molecule has 0 bridgehead atoms. The van der Waals surface area contributed by atoms with Gasteiger partial charge in [0.2, 0.25) is 5.89 Å². The van der Waals surface area contributed by atoms with E-state index in [1.807, 2.05) is 25.1 Å². The number of benzene rings is 1. The second kappa shape index (κ2) is 5.51. The molecular formula is C16H18N2O2. The fourth-order valence-electron chi connectivity index (χ4n) is 2.41. The molecule has 0 amide bonds. The second-order valence-electron chi connectivity index (χ2n) is 4.82. The SMILES string of the molecule is CCc1oc2ccccc2c1CNCc1ncc(C)o1. The molecule has 0 saturated heterocycles. The Kier molecular flexibility index (Phi) is 3.56. The topological polar surface area (TPSA) is 51.2 Å². The van der Waals surface area contributed by atoms with Gasteiger partial charge in [0.15, 0.2) is 0 Å². The Labute approximate surface area is 117 Å². The molecule has 20 heavy (non-hydrogen) atoms. The van der Waals surface area contributed by atoms with E-state index in [4.69, 9.17) is 8.83 Å². The number of hydrogen-bond donors (Lipinski definition) is 1. The smallest absolute Gasteiger partial charge is 0.208 e. The number of nitrogens with one attached hydrogen (secondary N) is 1. The number of nitrogens with zero attached hydrogens (tertiary/aromatic N) is 1. The Morgan fingerprint density at radius 3 is 2.75 bits per heavy atom. The lowest BCUT2D eigenvalue weighted by atomic mass is 10.1. The molecule has 4 heteroatoms. The van der Waals surface area contributed by atoms with Crippen LogP contribution in [-0.2, 0) is 19.5 Å². The molecule has 3 rings (SSSR count). The highest BCUT2D eigenvalue weighted by Gasteiger charge is 2.12. The van der Waals surface area contributed by atoms with Gasteiger partial charge in [0, 0.05) is 23.9 Å². The van der Waals surface area contributed by atoms with Gasteiger partial charge in [0.25, 0.3) is 0 Å². The maximum atomic E-state index is 5.88. The summed E-state index contributed by atoms with van der Waals surface area (Å²) in [7, 11) is 0. The molecule has 3 aromatic rings. The van der Waals surface area contributed by atoms with E-state index in [1.54, 1.807) is 6.20 Å². The van der Waals surface area contributed by atoms with Crippen LogP contribution in [0.25, 0.3) is 11.0 Å². The second-order valence-corrected chi connectivity index (χ2v) is 4.82. The van der Waals surface area contributed by atoms with Crippen molar-refractivity contribution in [2.75, 3.05) is 0 Å². The predicted molar refractivity (Wildman–Crippen MR) is 77.4 cm³/mol. The maximum absolute atomic E-state index is 5.88. The molecule has 0 fully saturated rings. The van der Waals surface area contributed by atoms with Gasteiger partial charge in [-0.3, -0.25) is 0 Å². The molecule has 0 aliphatic carbocycles. The van der Waals surface area contributed by atoms with E-state index in [0.717, 1.165) is 30.1 Å². The fraction of sp³-hybridized carbons (Fsp3) is 0.312. The normalized spacial score (nSPS) is 11.3. The van der Waals surface area contributed by atoms with Crippen LogP contribution >= 0.6 is 0 Å². The molecule has 4 nitrogen and oxygen atoms in total. The van der Waals surface area contributed by atoms with Crippen LogP contribution in [0.15, 0.2) is 39.3 Å². The van der Waals surface area contributed by atoms with Gasteiger partial charge in [0.1, 0.15) is 17.1 Å². The zero-order valence-corrected chi connectivity index (χ0v) is 11.8. The van der Waals surface area contributed by atoms with Crippen molar-refractivity contribution < 1.29 is 8.83 Å². The summed E-state index contributed by atoms with van der Waals surface area (Å²) >= 11 is 0. The summed E-state index contributed by atoms with van der Waals surface area (Å²) in [6.45, 7) is 5.38. The highest BCUT2D eigenvalue weighted by atomic mass is 16.4. The lowest BCUT2D eigenvalue weighted by molar-refractivity contribution is 0.447. The molecule has 0 saturated carbocycles. The molecule has 0 aliphatic rings. The largest absolute Gasteiger partial charge is 0.461 e. The number of para-hydroxylation sites is 1. The van der Waals surface area contributed by atoms with E-state index < -0.39 is 0 Å². The van der Waals surface area contributed by atoms with Crippen molar-refractivity contribution in [3.63, 3.8) is 0 Å². The van der Waals surface area contributed by atoms with Gasteiger partial charge in [-0.05, 0) is 13.0 Å². The Hall–Kier alpha value is -2.07. The van der Waals surface area contributed by atoms with Gasteiger partial charge in [-0.2, -0.15) is 0 Å². The van der Waals surface area contributed by atoms with E-state index in [1.165, 1.54) is 10.9 Å². The number of oxazole rings is 1. The van der Waals surface area contributed by atoms with E-state index in [2.05, 4.69) is 23.3 Å². The first-order valence-electron chi connectivity index (χ1n) is 6.89. The lowest BCUT2D eigenvalue weighted by Crippen LogP contribution is -2.13. The van der Waals surface area contributed by atoms with Gasteiger partial charge in [0.05, 0.1) is 12.7 Å². The number of hydrogen-bond acceptors (Lipinski definition) is 4. The van der Waals surface area contributed by atoms with Gasteiger partial charge in [-0.1, -0.05) is 25.1 Å². The summed E-state index contributed by atoms with van der Waals surface area (Å²) in [6.07, 6.45) is 2.63. The number of furan rings is 1. The third kappa shape index (κ3) is 2.47. The molecule has 1 N–H and O–H groups in total. The van der Waals surface area contributed by atoms with Crippen molar-refractivity contribution in [1.29, 1.82) is 0 Å². The summed E-state index contributed by atoms with van der Waals surface area (Å²) in [5.74, 6) is 2.60. The summed E-state index contributed by atoms with van der Waals surface area (Å²) in [5.41, 5.74) is 2.18. The number of aromatic nitrogens is 1. The Morgan fingerprint density at radius 2 is 2.00 bits per heavy atom. The fourth-order valence-corrected chi connectivity index (χ4v) is 2.41. The summed E-state index contributed by atoms with van der Waals surface area (Å²) in [6, 6.07) is 8.15. The Balaban J connectivity index is 1.76. The quantitative estimate of drug-likeness (QED) is 0.770. The van der Waals surface area contributed by atoms with Crippen LogP contribution in [0.4, 0.5) is 0 Å². The molecule has 0 atom stereocenters. The van der Waals surface area contributed by atoms with Gasteiger partial charge < -0.3 is 14.2 Å². The lowest BCUT2D eigenvalue weighted by Gasteiger charge is -2.03. The minimum Gasteiger partial charge on any atom is -0.461 e. The summed E-state index contributed by atoms with van der Waals surface area (Å²) in [4.78, 5) is 4.19. The van der Waals surface area contributed by atoms with E-state index in [9.17, 15) is 0 Å². The van der Waals surface area contributed by atoms with Crippen molar-refractivity contribution in [2.45, 2.75) is 33.4 Å². The average Bonchev–Trinajstić information content (AvgIpc) is 3.03. The first-order chi connectivity index (χ1) is 9.78. The van der Waals surface area contributed by atoms with Gasteiger partial charge >= 0.3 is 0 Å². The molecule has 2 heterocycles. The van der Waals surface area contributed by atoms with Crippen molar-refractivity contribution in [1.82, 2.24) is 10.3 Å². The molecule has 0 radical (unpaired) electrons. The molecule has 0 spiro atoms. The highest BCUT2D eigenvalue weighted by Crippen LogP contribution is 2.26. The maximum Gasteiger partial charge on any atom is 0.208 e. The monoisotopic (exact) mass is 270 g/mol. The predicted octanol–water partition coefficient (Wildman–Crippen LogP) is 3.58. The molecule has 0 unspecified atom stereocenters. The van der Waals surface area contributed by atoms with Crippen LogP contribution in [-0.4, -0.2) is 4.98 Å². The molecule has 2 aromatic heterocycles.